The summed E-state index contributed by atoms with van der Waals surface area (Å²) in [5.74, 6) is 1.93. The van der Waals surface area contributed by atoms with E-state index in [-0.39, 0.29) is 5.41 Å². The highest BCUT2D eigenvalue weighted by Crippen LogP contribution is 2.40. The van der Waals surface area contributed by atoms with Crippen molar-refractivity contribution in [2.75, 3.05) is 0 Å². The Balaban J connectivity index is 0.000000150. The number of aryl methyl sites for hydroxylation is 16. The second-order valence-electron chi connectivity index (χ2n) is 32.6. The van der Waals surface area contributed by atoms with E-state index in [0.717, 1.165) is 18.8 Å². The molecule has 0 saturated heterocycles. The zero-order chi connectivity index (χ0) is 75.7. The molecule has 0 N–H and O–H groups in total. The highest BCUT2D eigenvalue weighted by atomic mass is 14.9. The molecule has 0 amide bonds. The van der Waals surface area contributed by atoms with Gasteiger partial charge in [0.1, 0.15) is 28.2 Å². The van der Waals surface area contributed by atoms with Crippen LogP contribution in [0.25, 0.3) is 89.5 Å². The number of hydrogen-bond donors (Lipinski definition) is 0. The fraction of sp³-hybridized carbons (Fsp3) is 0.327. The molecule has 0 unspecified atom stereocenters. The lowest BCUT2D eigenvalue weighted by Gasteiger charge is -2.20. The van der Waals surface area contributed by atoms with Gasteiger partial charge >= 0.3 is 0 Å². The Morgan fingerprint density at radius 2 is 0.610 bits per heavy atom. The van der Waals surface area contributed by atoms with Crippen LogP contribution in [0, 0.1) is 94.4 Å². The maximum Gasteiger partial charge on any atom is 0.212 e. The van der Waals surface area contributed by atoms with E-state index in [2.05, 4.69) is 397 Å². The predicted molar refractivity (Wildman–Crippen MR) is 448 cm³/mol. The van der Waals surface area contributed by atoms with Crippen LogP contribution in [-0.4, -0.2) is 0 Å². The molecule has 540 valence electrons. The van der Waals surface area contributed by atoms with E-state index in [4.69, 9.17) is 0 Å². The zero-order valence-electron chi connectivity index (χ0n) is 68.0. The van der Waals surface area contributed by atoms with Gasteiger partial charge in [0.15, 0.2) is 24.8 Å². The van der Waals surface area contributed by atoms with Crippen LogP contribution in [0.15, 0.2) is 219 Å². The summed E-state index contributed by atoms with van der Waals surface area (Å²) in [7, 11) is 8.64. The molecule has 4 heterocycles. The van der Waals surface area contributed by atoms with Crippen molar-refractivity contribution in [2.24, 2.45) is 39.5 Å². The quantitative estimate of drug-likeness (QED) is 0.102. The first-order valence-electron chi connectivity index (χ1n) is 38.6. The molecule has 0 bridgehead atoms. The van der Waals surface area contributed by atoms with Crippen LogP contribution in [0.5, 0.6) is 0 Å². The summed E-state index contributed by atoms with van der Waals surface area (Å²) in [6.45, 7) is 42.5. The van der Waals surface area contributed by atoms with E-state index in [1.165, 1.54) is 199 Å². The van der Waals surface area contributed by atoms with Gasteiger partial charge in [0, 0.05) is 68.8 Å². The third-order valence-corrected chi connectivity index (χ3v) is 21.8. The molecule has 0 radical (unpaired) electrons. The van der Waals surface area contributed by atoms with E-state index in [9.17, 15) is 0 Å². The average molecular weight is 1390 g/mol. The SMILES string of the molecule is Cc1c[n+](C)c(-c2cc(-c3ccccc3C)ccc2C)cc1CC(C)(C)C.Cc1c[n+](C)c(-c2cc(-c3ccccc3C)ccc2C)cc1CC(C)C.Cc1ccccc1-c1ccc(C)c(-c2cc(C(C)C)c(C)c[n+]2C)c1.Cc1ccccc1-c1ccc(C)c(-c2cc(C3CCCC3)c(C)c[n+]2C)c1. The minimum Gasteiger partial charge on any atom is -0.201 e. The van der Waals surface area contributed by atoms with E-state index in [0.29, 0.717) is 11.8 Å². The molecule has 1 aliphatic rings. The van der Waals surface area contributed by atoms with Crippen molar-refractivity contribution in [1.29, 1.82) is 0 Å². The molecule has 13 rings (SSSR count). The summed E-state index contributed by atoms with van der Waals surface area (Å²) in [5.41, 5.74) is 43.1. The number of rotatable bonds is 13. The Hall–Kier alpha value is -9.64. The largest absolute Gasteiger partial charge is 0.212 e. The van der Waals surface area contributed by atoms with Crippen LogP contribution in [0.4, 0.5) is 0 Å². The molecule has 1 fully saturated rings. The molecule has 0 spiro atoms. The molecule has 12 aromatic rings. The zero-order valence-corrected chi connectivity index (χ0v) is 68.0. The lowest BCUT2D eigenvalue weighted by Crippen LogP contribution is -2.32. The lowest BCUT2D eigenvalue weighted by molar-refractivity contribution is -0.660. The Labute approximate surface area is 633 Å². The second kappa shape index (κ2) is 34.1. The van der Waals surface area contributed by atoms with Crippen molar-refractivity contribution in [3.05, 3.63) is 308 Å². The highest BCUT2D eigenvalue weighted by molar-refractivity contribution is 5.79. The standard InChI is InChI=1S/C26H30N.C26H32N.C25H30N.C24H28N/c1-18-9-5-8-12-23(18)22-14-13-19(2)25(15-22)26-16-24(20(3)17-27(26)4)21-10-6-7-11-21;1-18-10-8-9-11-23(18)21-13-12-19(2)24(14-21)25-15-22(16-26(4,5)6)20(3)17-27(25)7;1-17(2)13-22-15-25(26(6)16-20(22)5)24-14-21(12-11-19(24)4)23-10-8-7-9-18(23)3;1-16(2)22-14-24(25(6)15-19(22)5)23-13-20(12-11-18(23)4)21-10-8-7-9-17(21)3/h5,8-9,12-17,21H,6-7,10-11H2,1-4H3;8-15,17H,16H2,1-7H3;7-12,14-17H,13H2,1-6H3;7-16H,1-6H3/q4*+1. The fourth-order valence-electron chi connectivity index (χ4n) is 15.9. The third kappa shape index (κ3) is 18.9. The van der Waals surface area contributed by atoms with Crippen molar-refractivity contribution in [2.45, 2.75) is 182 Å². The Bertz CT molecular complexity index is 5080. The molecule has 8 aromatic carbocycles. The number of pyridine rings is 4. The number of nitrogens with zero attached hydrogens (tertiary/aromatic N) is 4. The molecule has 105 heavy (non-hydrogen) atoms. The summed E-state index contributed by atoms with van der Waals surface area (Å²) in [4.78, 5) is 0. The van der Waals surface area contributed by atoms with Crippen LogP contribution in [0.2, 0.25) is 0 Å². The Morgan fingerprint density at radius 1 is 0.314 bits per heavy atom. The maximum atomic E-state index is 2.47. The number of hydrogen-bond acceptors (Lipinski definition) is 0. The van der Waals surface area contributed by atoms with Crippen molar-refractivity contribution < 1.29 is 18.3 Å². The molecular formula is C101H120N4+4. The first kappa shape index (κ1) is 78.0. The van der Waals surface area contributed by atoms with Gasteiger partial charge in [-0.15, -0.1) is 0 Å². The van der Waals surface area contributed by atoms with Crippen LogP contribution >= 0.6 is 0 Å². The molecule has 4 heteroatoms. The topological polar surface area (TPSA) is 15.5 Å². The van der Waals surface area contributed by atoms with Gasteiger partial charge in [-0.05, 0) is 267 Å². The van der Waals surface area contributed by atoms with Gasteiger partial charge in [0.05, 0.1) is 0 Å². The molecule has 1 saturated carbocycles. The summed E-state index contributed by atoms with van der Waals surface area (Å²) in [6, 6.07) is 71.5. The van der Waals surface area contributed by atoms with E-state index < -0.39 is 0 Å². The van der Waals surface area contributed by atoms with Gasteiger partial charge in [-0.25, -0.2) is 18.3 Å². The monoisotopic (exact) mass is 1390 g/mol. The smallest absolute Gasteiger partial charge is 0.201 e. The summed E-state index contributed by atoms with van der Waals surface area (Å²) >= 11 is 0. The summed E-state index contributed by atoms with van der Waals surface area (Å²) in [5, 5.41) is 0. The Morgan fingerprint density at radius 3 is 0.943 bits per heavy atom. The molecule has 4 aromatic heterocycles. The van der Waals surface area contributed by atoms with Gasteiger partial charge < -0.3 is 0 Å². The van der Waals surface area contributed by atoms with Crippen molar-refractivity contribution in [3.63, 3.8) is 0 Å². The minimum absolute atomic E-state index is 0.278. The van der Waals surface area contributed by atoms with Crippen molar-refractivity contribution in [1.82, 2.24) is 0 Å². The minimum atomic E-state index is 0.278. The van der Waals surface area contributed by atoms with Gasteiger partial charge in [-0.1, -0.05) is 207 Å². The van der Waals surface area contributed by atoms with Gasteiger partial charge in [0.2, 0.25) is 22.8 Å². The lowest BCUT2D eigenvalue weighted by atomic mass is 9.86. The maximum absolute atomic E-state index is 2.47. The normalized spacial score (nSPS) is 12.2. The molecule has 0 aliphatic heterocycles. The first-order chi connectivity index (χ1) is 49.9. The second-order valence-corrected chi connectivity index (χ2v) is 32.6. The van der Waals surface area contributed by atoms with Gasteiger partial charge in [-0.3, -0.25) is 0 Å². The fourth-order valence-corrected chi connectivity index (χ4v) is 15.9. The average Bonchev–Trinajstić information content (AvgIpc) is 1.61. The summed E-state index contributed by atoms with van der Waals surface area (Å²) in [6.07, 6.45) is 16.8. The Kier molecular flexibility index (Phi) is 25.3. The summed E-state index contributed by atoms with van der Waals surface area (Å²) < 4.78 is 9.09. The van der Waals surface area contributed by atoms with Crippen LogP contribution in [-0.2, 0) is 41.0 Å². The third-order valence-electron chi connectivity index (χ3n) is 21.8. The van der Waals surface area contributed by atoms with Crippen molar-refractivity contribution >= 4 is 0 Å². The molecule has 0 atom stereocenters. The predicted octanol–water partition coefficient (Wildman–Crippen LogP) is 24.6. The van der Waals surface area contributed by atoms with E-state index >= 15 is 0 Å². The van der Waals surface area contributed by atoms with E-state index in [1.54, 1.807) is 5.56 Å². The molecular weight excluding hydrogens is 1270 g/mol. The molecule has 4 nitrogen and oxygen atoms in total. The first-order valence-corrected chi connectivity index (χ1v) is 38.6. The van der Waals surface area contributed by atoms with Gasteiger partial charge in [0.25, 0.3) is 0 Å². The van der Waals surface area contributed by atoms with Gasteiger partial charge in [-0.2, -0.15) is 0 Å². The van der Waals surface area contributed by atoms with Crippen LogP contribution < -0.4 is 18.3 Å². The van der Waals surface area contributed by atoms with Crippen LogP contribution in [0.3, 0.4) is 0 Å². The number of benzene rings is 8. The molecule has 1 aliphatic carbocycles. The van der Waals surface area contributed by atoms with E-state index in [1.807, 2.05) is 0 Å². The number of aromatic nitrogens is 4. The van der Waals surface area contributed by atoms with Crippen molar-refractivity contribution in [3.8, 4) is 89.5 Å². The van der Waals surface area contributed by atoms with Crippen LogP contribution in [0.1, 0.15) is 175 Å². The highest BCUT2D eigenvalue weighted by Gasteiger charge is 2.26.